The predicted molar refractivity (Wildman–Crippen MR) is 64.1 cm³/mol. The molecular formula is C11H10N2O4S. The van der Waals surface area contributed by atoms with Gasteiger partial charge in [0.2, 0.25) is 0 Å². The highest BCUT2D eigenvalue weighted by atomic mass is 32.2. The highest BCUT2D eigenvalue weighted by Crippen LogP contribution is 2.21. The molecule has 0 aliphatic rings. The minimum atomic E-state index is -3.30. The zero-order chi connectivity index (χ0) is 13.3. The summed E-state index contributed by atoms with van der Waals surface area (Å²) < 4.78 is 22.8. The first-order valence-corrected chi connectivity index (χ1v) is 6.86. The zero-order valence-corrected chi connectivity index (χ0v) is 10.2. The van der Waals surface area contributed by atoms with Gasteiger partial charge in [0, 0.05) is 11.8 Å². The first-order valence-electron chi connectivity index (χ1n) is 4.97. The summed E-state index contributed by atoms with van der Waals surface area (Å²) in [5.41, 5.74) is 0.884. The summed E-state index contributed by atoms with van der Waals surface area (Å²) in [4.78, 5) is 10.9. The van der Waals surface area contributed by atoms with Gasteiger partial charge in [-0.2, -0.15) is 5.10 Å². The average molecular weight is 266 g/mol. The Morgan fingerprint density at radius 1 is 1.33 bits per heavy atom. The molecule has 2 N–H and O–H groups in total. The Hall–Kier alpha value is -2.15. The topological polar surface area (TPSA) is 100 Å². The number of carboxylic acids is 1. The summed E-state index contributed by atoms with van der Waals surface area (Å²) in [6, 6.07) is 7.53. The van der Waals surface area contributed by atoms with Crippen molar-refractivity contribution in [2.24, 2.45) is 0 Å². The lowest BCUT2D eigenvalue weighted by Crippen LogP contribution is -1.96. The molecule has 0 unspecified atom stereocenters. The fourth-order valence-corrected chi connectivity index (χ4v) is 2.13. The van der Waals surface area contributed by atoms with E-state index in [0.717, 1.165) is 6.26 Å². The second-order valence-corrected chi connectivity index (χ2v) is 5.79. The van der Waals surface area contributed by atoms with Crippen LogP contribution >= 0.6 is 0 Å². The van der Waals surface area contributed by atoms with Crippen molar-refractivity contribution in [1.82, 2.24) is 10.2 Å². The van der Waals surface area contributed by atoms with Crippen LogP contribution in [0, 0.1) is 0 Å². The van der Waals surface area contributed by atoms with Gasteiger partial charge in [0.25, 0.3) is 0 Å². The Morgan fingerprint density at radius 3 is 2.61 bits per heavy atom. The molecule has 94 valence electrons. The van der Waals surface area contributed by atoms with Crippen molar-refractivity contribution >= 4 is 15.8 Å². The fraction of sp³-hybridized carbons (Fsp3) is 0.0909. The number of aromatic amines is 1. The molecule has 0 spiro atoms. The molecule has 18 heavy (non-hydrogen) atoms. The zero-order valence-electron chi connectivity index (χ0n) is 9.41. The summed E-state index contributed by atoms with van der Waals surface area (Å²) in [7, 11) is -3.30. The summed E-state index contributed by atoms with van der Waals surface area (Å²) in [5, 5.41) is 15.0. The minimum Gasteiger partial charge on any atom is -0.477 e. The van der Waals surface area contributed by atoms with Crippen LogP contribution in [0.2, 0.25) is 0 Å². The molecule has 0 aliphatic heterocycles. The van der Waals surface area contributed by atoms with Gasteiger partial charge in [0.1, 0.15) is 5.69 Å². The quantitative estimate of drug-likeness (QED) is 0.868. The van der Waals surface area contributed by atoms with Gasteiger partial charge in [-0.25, -0.2) is 13.2 Å². The molecule has 6 nitrogen and oxygen atoms in total. The molecule has 0 saturated heterocycles. The van der Waals surface area contributed by atoms with E-state index in [1.54, 1.807) is 12.1 Å². The second kappa shape index (κ2) is 4.26. The lowest BCUT2D eigenvalue weighted by Gasteiger charge is -2.00. The van der Waals surface area contributed by atoms with Crippen LogP contribution in [0.4, 0.5) is 0 Å². The smallest absolute Gasteiger partial charge is 0.353 e. The number of carbonyl (C=O) groups is 1. The second-order valence-electron chi connectivity index (χ2n) is 3.77. The Bertz CT molecular complexity index is 703. The Balaban J connectivity index is 2.48. The molecule has 0 saturated carbocycles. The van der Waals surface area contributed by atoms with E-state index in [9.17, 15) is 13.2 Å². The third-order valence-corrected chi connectivity index (χ3v) is 3.48. The Morgan fingerprint density at radius 2 is 2.06 bits per heavy atom. The maximum absolute atomic E-state index is 11.4. The molecule has 0 radical (unpaired) electrons. The van der Waals surface area contributed by atoms with Crippen LogP contribution in [0.25, 0.3) is 11.3 Å². The third-order valence-electron chi connectivity index (χ3n) is 2.37. The number of nitrogens with one attached hydrogen (secondary N) is 1. The van der Waals surface area contributed by atoms with Crippen molar-refractivity contribution in [2.45, 2.75) is 4.90 Å². The molecular weight excluding hydrogens is 256 g/mol. The van der Waals surface area contributed by atoms with Crippen molar-refractivity contribution in [3.8, 4) is 11.3 Å². The Labute approximate surface area is 103 Å². The van der Waals surface area contributed by atoms with Gasteiger partial charge in [-0.05, 0) is 18.2 Å². The van der Waals surface area contributed by atoms with Gasteiger partial charge >= 0.3 is 5.97 Å². The van der Waals surface area contributed by atoms with Gasteiger partial charge < -0.3 is 5.11 Å². The lowest BCUT2D eigenvalue weighted by molar-refractivity contribution is 0.0690. The lowest BCUT2D eigenvalue weighted by atomic mass is 10.1. The third kappa shape index (κ3) is 2.40. The van der Waals surface area contributed by atoms with Crippen LogP contribution < -0.4 is 0 Å². The number of sulfone groups is 1. The number of benzene rings is 1. The molecule has 2 aromatic rings. The standard InChI is InChI=1S/C11H10N2O4S/c1-18(16,17)8-4-2-3-7(5-8)9-6-10(11(14)15)13-12-9/h2-6H,1H3,(H,12,13)(H,14,15). The molecule has 1 heterocycles. The van der Waals surface area contributed by atoms with E-state index in [-0.39, 0.29) is 10.6 Å². The normalized spacial score (nSPS) is 11.4. The first-order chi connectivity index (χ1) is 8.38. The van der Waals surface area contributed by atoms with Crippen LogP contribution in [0.3, 0.4) is 0 Å². The SMILES string of the molecule is CS(=O)(=O)c1cccc(-c2cc(C(=O)O)[nH]n2)c1. The van der Waals surface area contributed by atoms with E-state index in [1.807, 2.05) is 0 Å². The summed E-state index contributed by atoms with van der Waals surface area (Å²) in [6.07, 6.45) is 1.11. The highest BCUT2D eigenvalue weighted by Gasteiger charge is 2.12. The van der Waals surface area contributed by atoms with E-state index in [0.29, 0.717) is 11.3 Å². The maximum atomic E-state index is 11.4. The van der Waals surface area contributed by atoms with Crippen molar-refractivity contribution in [2.75, 3.05) is 6.26 Å². The van der Waals surface area contributed by atoms with Crippen LogP contribution in [-0.2, 0) is 9.84 Å². The highest BCUT2D eigenvalue weighted by molar-refractivity contribution is 7.90. The molecule has 0 atom stereocenters. The number of hydrogen-bond donors (Lipinski definition) is 2. The predicted octanol–water partition coefficient (Wildman–Crippen LogP) is 1.18. The average Bonchev–Trinajstić information content (AvgIpc) is 2.77. The summed E-state index contributed by atoms with van der Waals surface area (Å²) >= 11 is 0. The van der Waals surface area contributed by atoms with E-state index in [2.05, 4.69) is 10.2 Å². The van der Waals surface area contributed by atoms with Gasteiger partial charge in [-0.15, -0.1) is 0 Å². The number of H-pyrrole nitrogens is 1. The van der Waals surface area contributed by atoms with Crippen molar-refractivity contribution < 1.29 is 18.3 Å². The molecule has 2 rings (SSSR count). The number of hydrogen-bond acceptors (Lipinski definition) is 4. The van der Waals surface area contributed by atoms with E-state index < -0.39 is 15.8 Å². The molecule has 0 amide bonds. The van der Waals surface area contributed by atoms with Crippen LogP contribution in [-0.4, -0.2) is 35.9 Å². The fourth-order valence-electron chi connectivity index (χ4n) is 1.47. The van der Waals surface area contributed by atoms with Crippen LogP contribution in [0.15, 0.2) is 35.2 Å². The van der Waals surface area contributed by atoms with Crippen molar-refractivity contribution in [1.29, 1.82) is 0 Å². The molecule has 1 aromatic heterocycles. The van der Waals surface area contributed by atoms with E-state index in [4.69, 9.17) is 5.11 Å². The van der Waals surface area contributed by atoms with Crippen molar-refractivity contribution in [3.63, 3.8) is 0 Å². The monoisotopic (exact) mass is 266 g/mol. The number of carboxylic acid groups (broad SMARTS) is 1. The molecule has 0 bridgehead atoms. The van der Waals surface area contributed by atoms with Gasteiger partial charge in [-0.1, -0.05) is 12.1 Å². The molecule has 0 fully saturated rings. The largest absolute Gasteiger partial charge is 0.477 e. The number of aromatic nitrogens is 2. The van der Waals surface area contributed by atoms with E-state index >= 15 is 0 Å². The van der Waals surface area contributed by atoms with Crippen molar-refractivity contribution in [3.05, 3.63) is 36.0 Å². The molecule has 7 heteroatoms. The van der Waals surface area contributed by atoms with E-state index in [1.165, 1.54) is 18.2 Å². The van der Waals surface area contributed by atoms with Gasteiger partial charge in [-0.3, -0.25) is 5.10 Å². The summed E-state index contributed by atoms with van der Waals surface area (Å²) in [5.74, 6) is -1.12. The van der Waals surface area contributed by atoms with Crippen LogP contribution in [0.1, 0.15) is 10.5 Å². The Kier molecular flexibility index (Phi) is 2.92. The summed E-state index contributed by atoms with van der Waals surface area (Å²) in [6.45, 7) is 0. The number of rotatable bonds is 3. The number of aromatic carboxylic acids is 1. The van der Waals surface area contributed by atoms with Gasteiger partial charge in [0.05, 0.1) is 10.6 Å². The molecule has 0 aliphatic carbocycles. The first kappa shape index (κ1) is 12.3. The van der Waals surface area contributed by atoms with Crippen LogP contribution in [0.5, 0.6) is 0 Å². The van der Waals surface area contributed by atoms with Gasteiger partial charge in [0.15, 0.2) is 9.84 Å². The molecule has 1 aromatic carbocycles. The maximum Gasteiger partial charge on any atom is 0.353 e. The number of nitrogens with zero attached hydrogens (tertiary/aromatic N) is 1. The minimum absolute atomic E-state index is 0.0465.